The van der Waals surface area contributed by atoms with E-state index in [1.165, 1.54) is 35.6 Å². The average Bonchev–Trinajstić information content (AvgIpc) is 2.84. The van der Waals surface area contributed by atoms with Crippen molar-refractivity contribution in [1.82, 2.24) is 10.2 Å². The molecule has 1 aromatic heterocycles. The van der Waals surface area contributed by atoms with Crippen LogP contribution in [0.25, 0.3) is 0 Å². The predicted octanol–water partition coefficient (Wildman–Crippen LogP) is 4.67. The number of nitrogens with one attached hydrogen (secondary N) is 1. The van der Waals surface area contributed by atoms with Gasteiger partial charge in [-0.25, -0.2) is 0 Å². The van der Waals surface area contributed by atoms with E-state index in [1.54, 1.807) is 5.56 Å². The number of nitrogens with zero attached hydrogens (tertiary/aromatic N) is 1. The maximum Gasteiger partial charge on any atom is 0.0335 e. The predicted molar refractivity (Wildman–Crippen MR) is 94.3 cm³/mol. The molecule has 2 nitrogen and oxygen atoms in total. The molecule has 0 spiro atoms. The number of hydrogen-bond donors (Lipinski definition) is 1. The molecule has 1 aromatic rings. The fourth-order valence-corrected chi connectivity index (χ4v) is 4.80. The van der Waals surface area contributed by atoms with Gasteiger partial charge in [0.05, 0.1) is 0 Å². The Morgan fingerprint density at radius 1 is 1.33 bits per heavy atom. The van der Waals surface area contributed by atoms with Crippen LogP contribution in [0.15, 0.2) is 6.07 Å². The molecule has 0 amide bonds. The van der Waals surface area contributed by atoms with Crippen LogP contribution in [0.3, 0.4) is 0 Å². The van der Waals surface area contributed by atoms with Crippen molar-refractivity contribution in [3.8, 4) is 0 Å². The van der Waals surface area contributed by atoms with E-state index >= 15 is 0 Å². The van der Waals surface area contributed by atoms with Crippen molar-refractivity contribution in [3.05, 3.63) is 21.4 Å². The van der Waals surface area contributed by atoms with E-state index in [4.69, 9.17) is 0 Å². The second-order valence-corrected chi connectivity index (χ2v) is 8.11. The summed E-state index contributed by atoms with van der Waals surface area (Å²) in [7, 11) is 0. The number of thiophene rings is 1. The smallest absolute Gasteiger partial charge is 0.0335 e. The molecular weight excluding hydrogens is 276 g/mol. The van der Waals surface area contributed by atoms with E-state index in [1.807, 2.05) is 11.3 Å². The highest BCUT2D eigenvalue weighted by atomic mass is 32.1. The van der Waals surface area contributed by atoms with Crippen LogP contribution in [0.5, 0.6) is 0 Å². The van der Waals surface area contributed by atoms with Crippen molar-refractivity contribution in [2.24, 2.45) is 0 Å². The summed E-state index contributed by atoms with van der Waals surface area (Å²) in [5, 5.41) is 3.85. The third kappa shape index (κ3) is 3.35. The van der Waals surface area contributed by atoms with Crippen LogP contribution in [0.4, 0.5) is 0 Å². The third-order valence-electron chi connectivity index (χ3n) is 5.52. The average molecular weight is 309 g/mol. The summed E-state index contributed by atoms with van der Waals surface area (Å²) in [6, 6.07) is 3.59. The Morgan fingerprint density at radius 3 is 2.48 bits per heavy atom. The molecule has 0 aromatic carbocycles. The normalized spacial score (nSPS) is 24.2. The van der Waals surface area contributed by atoms with E-state index in [9.17, 15) is 0 Å². The summed E-state index contributed by atoms with van der Waals surface area (Å²) in [6.45, 7) is 16.2. The van der Waals surface area contributed by atoms with Gasteiger partial charge < -0.3 is 5.32 Å². The molecule has 0 aliphatic carbocycles. The molecule has 1 saturated heterocycles. The van der Waals surface area contributed by atoms with Gasteiger partial charge in [-0.05, 0) is 51.7 Å². The van der Waals surface area contributed by atoms with E-state index < -0.39 is 0 Å². The van der Waals surface area contributed by atoms with Gasteiger partial charge in [0.2, 0.25) is 0 Å². The third-order valence-corrected chi connectivity index (χ3v) is 6.50. The Balaban J connectivity index is 2.26. The van der Waals surface area contributed by atoms with Crippen LogP contribution in [0.1, 0.15) is 68.3 Å². The zero-order valence-corrected chi connectivity index (χ0v) is 15.4. The molecule has 0 saturated carbocycles. The lowest BCUT2D eigenvalue weighted by atomic mass is 9.86. The molecule has 120 valence electrons. The lowest BCUT2D eigenvalue weighted by molar-refractivity contribution is 0.0399. The first-order valence-corrected chi connectivity index (χ1v) is 9.35. The first-order chi connectivity index (χ1) is 9.96. The van der Waals surface area contributed by atoms with Gasteiger partial charge in [0, 0.05) is 40.5 Å². The summed E-state index contributed by atoms with van der Waals surface area (Å²) in [5.41, 5.74) is 1.85. The number of aryl methyl sites for hydroxylation is 2. The minimum absolute atomic E-state index is 0.304. The molecule has 1 fully saturated rings. The van der Waals surface area contributed by atoms with Gasteiger partial charge in [-0.1, -0.05) is 20.8 Å². The first-order valence-electron chi connectivity index (χ1n) is 8.54. The number of piperazine rings is 1. The maximum absolute atomic E-state index is 3.85. The van der Waals surface area contributed by atoms with Gasteiger partial charge in [0.1, 0.15) is 0 Å². The molecule has 21 heavy (non-hydrogen) atoms. The van der Waals surface area contributed by atoms with Crippen LogP contribution in [0, 0.1) is 13.8 Å². The second kappa shape index (κ2) is 6.80. The van der Waals surface area contributed by atoms with Crippen LogP contribution < -0.4 is 5.32 Å². The maximum atomic E-state index is 3.85. The fourth-order valence-electron chi connectivity index (χ4n) is 3.79. The standard InChI is InChI=1S/C18H32N2S/c1-7-16-11-19-18(8-2,9-3)12-20(16)14(5)17-10-13(4)21-15(17)6/h10,14,16,19H,7-9,11-12H2,1-6H3. The van der Waals surface area contributed by atoms with Gasteiger partial charge >= 0.3 is 0 Å². The van der Waals surface area contributed by atoms with Crippen LogP contribution in [-0.4, -0.2) is 29.6 Å². The van der Waals surface area contributed by atoms with E-state index in [-0.39, 0.29) is 0 Å². The molecule has 1 N–H and O–H groups in total. The molecule has 1 aliphatic heterocycles. The highest BCUT2D eigenvalue weighted by Gasteiger charge is 2.38. The van der Waals surface area contributed by atoms with Gasteiger partial charge in [0.25, 0.3) is 0 Å². The molecule has 2 atom stereocenters. The highest BCUT2D eigenvalue weighted by Crippen LogP contribution is 2.35. The lowest BCUT2D eigenvalue weighted by Gasteiger charge is -2.49. The van der Waals surface area contributed by atoms with Crippen molar-refractivity contribution in [3.63, 3.8) is 0 Å². The minimum atomic E-state index is 0.304. The zero-order valence-electron chi connectivity index (χ0n) is 14.6. The monoisotopic (exact) mass is 308 g/mol. The van der Waals surface area contributed by atoms with Crippen LogP contribution in [-0.2, 0) is 0 Å². The molecule has 2 unspecified atom stereocenters. The second-order valence-electron chi connectivity index (χ2n) is 6.65. The van der Waals surface area contributed by atoms with Gasteiger partial charge in [0.15, 0.2) is 0 Å². The van der Waals surface area contributed by atoms with Crippen molar-refractivity contribution in [2.45, 2.75) is 78.4 Å². The van der Waals surface area contributed by atoms with E-state index in [0.717, 1.165) is 6.54 Å². The largest absolute Gasteiger partial charge is 0.308 e. The summed E-state index contributed by atoms with van der Waals surface area (Å²) in [4.78, 5) is 5.69. The molecular formula is C18H32N2S. The number of rotatable bonds is 5. The van der Waals surface area contributed by atoms with Crippen LogP contribution in [0.2, 0.25) is 0 Å². The molecule has 0 radical (unpaired) electrons. The minimum Gasteiger partial charge on any atom is -0.308 e. The summed E-state index contributed by atoms with van der Waals surface area (Å²) in [6.07, 6.45) is 3.65. The summed E-state index contributed by atoms with van der Waals surface area (Å²) >= 11 is 1.94. The van der Waals surface area contributed by atoms with E-state index in [0.29, 0.717) is 17.6 Å². The van der Waals surface area contributed by atoms with Crippen molar-refractivity contribution < 1.29 is 0 Å². The quantitative estimate of drug-likeness (QED) is 0.850. The van der Waals surface area contributed by atoms with Gasteiger partial charge in [-0.15, -0.1) is 11.3 Å². The van der Waals surface area contributed by atoms with Gasteiger partial charge in [-0.3, -0.25) is 4.90 Å². The Kier molecular flexibility index (Phi) is 5.50. The molecule has 2 rings (SSSR count). The SMILES string of the molecule is CCC1CNC(CC)(CC)CN1C(C)c1cc(C)sc1C. The summed E-state index contributed by atoms with van der Waals surface area (Å²) < 4.78 is 0. The molecule has 0 bridgehead atoms. The van der Waals surface area contributed by atoms with Crippen molar-refractivity contribution in [1.29, 1.82) is 0 Å². The zero-order chi connectivity index (χ0) is 15.6. The van der Waals surface area contributed by atoms with Crippen molar-refractivity contribution >= 4 is 11.3 Å². The first kappa shape index (κ1) is 17.0. The van der Waals surface area contributed by atoms with E-state index in [2.05, 4.69) is 57.8 Å². The molecule has 3 heteroatoms. The molecule has 2 heterocycles. The Bertz CT molecular complexity index is 462. The lowest BCUT2D eigenvalue weighted by Crippen LogP contribution is -2.63. The van der Waals surface area contributed by atoms with Crippen LogP contribution >= 0.6 is 11.3 Å². The van der Waals surface area contributed by atoms with Crippen molar-refractivity contribution in [2.75, 3.05) is 13.1 Å². The molecule has 1 aliphatic rings. The van der Waals surface area contributed by atoms with Gasteiger partial charge in [-0.2, -0.15) is 0 Å². The highest BCUT2D eigenvalue weighted by molar-refractivity contribution is 7.12. The Hall–Kier alpha value is -0.380. The number of hydrogen-bond acceptors (Lipinski definition) is 3. The summed E-state index contributed by atoms with van der Waals surface area (Å²) in [5.74, 6) is 0. The Labute approximate surface area is 134 Å². The fraction of sp³-hybridized carbons (Fsp3) is 0.778. The topological polar surface area (TPSA) is 15.3 Å². The Morgan fingerprint density at radius 2 is 2.00 bits per heavy atom.